The Morgan fingerprint density at radius 2 is 1.77 bits per heavy atom. The number of carbonyl (C=O) groups is 4. The number of likely N-dealkylation sites (tertiary alicyclic amines) is 2. The molecule has 69 heavy (non-hydrogen) atoms. The first kappa shape index (κ1) is 50.7. The summed E-state index contributed by atoms with van der Waals surface area (Å²) in [7, 11) is -4.12. The van der Waals surface area contributed by atoms with Crippen molar-refractivity contribution >= 4 is 44.7 Å². The van der Waals surface area contributed by atoms with Gasteiger partial charge in [-0.25, -0.2) is 18.2 Å². The number of halogens is 3. The fourth-order valence-corrected chi connectivity index (χ4v) is 11.5. The van der Waals surface area contributed by atoms with Crippen molar-refractivity contribution in [1.29, 1.82) is 0 Å². The average Bonchev–Trinajstić information content (AvgIpc) is 4.24. The maximum absolute atomic E-state index is 15.0. The highest BCUT2D eigenvalue weighted by molar-refractivity contribution is 7.91. The molecule has 0 bridgehead atoms. The molecule has 0 radical (unpaired) electrons. The highest BCUT2D eigenvalue weighted by Gasteiger charge is 2.60. The van der Waals surface area contributed by atoms with Crippen molar-refractivity contribution in [2.75, 3.05) is 45.9 Å². The number of amides is 4. The number of hydrogen-bond donors (Lipinski definition) is 3. The number of alkyl carbamates (subject to hydrolysis) is 1. The van der Waals surface area contributed by atoms with E-state index in [0.29, 0.717) is 49.3 Å². The Labute approximate surface area is 403 Å². The van der Waals surface area contributed by atoms with Gasteiger partial charge < -0.3 is 34.6 Å². The summed E-state index contributed by atoms with van der Waals surface area (Å²) in [4.78, 5) is 63.6. The Balaban J connectivity index is 1.06. The summed E-state index contributed by atoms with van der Waals surface area (Å²) in [6.45, 7) is 10.1. The minimum atomic E-state index is -4.94. The van der Waals surface area contributed by atoms with Gasteiger partial charge in [-0.2, -0.15) is 13.2 Å². The van der Waals surface area contributed by atoms with Crippen LogP contribution in [0.15, 0.2) is 30.4 Å². The van der Waals surface area contributed by atoms with E-state index in [-0.39, 0.29) is 55.8 Å². The average molecular weight is 987 g/mol. The number of benzene rings is 1. The summed E-state index contributed by atoms with van der Waals surface area (Å²) >= 11 is 0. The quantitative estimate of drug-likeness (QED) is 0.0955. The Morgan fingerprint density at radius 3 is 2.42 bits per heavy atom. The number of nitrogens with one attached hydrogen (secondary N) is 3. The monoisotopic (exact) mass is 986 g/mol. The number of rotatable bonds is 19. The lowest BCUT2D eigenvalue weighted by Crippen LogP contribution is -2.70. The molecule has 380 valence electrons. The van der Waals surface area contributed by atoms with Crippen molar-refractivity contribution in [1.82, 2.24) is 30.1 Å². The van der Waals surface area contributed by atoms with Gasteiger partial charge in [0.15, 0.2) is 11.4 Å². The molecule has 3 aliphatic heterocycles. The van der Waals surface area contributed by atoms with Crippen LogP contribution in [-0.4, -0.2) is 115 Å². The number of ether oxygens (including phenoxy) is 3. The highest BCUT2D eigenvalue weighted by atomic mass is 32.2. The van der Waals surface area contributed by atoms with Gasteiger partial charge in [-0.1, -0.05) is 45.8 Å². The van der Waals surface area contributed by atoms with E-state index >= 15 is 13.2 Å². The van der Waals surface area contributed by atoms with Crippen LogP contribution in [0.3, 0.4) is 0 Å². The molecule has 8 rings (SSSR count). The van der Waals surface area contributed by atoms with Gasteiger partial charge in [-0.15, -0.1) is 0 Å². The fourth-order valence-electron chi connectivity index (χ4n) is 10.2. The zero-order chi connectivity index (χ0) is 49.4. The van der Waals surface area contributed by atoms with Crippen molar-refractivity contribution in [2.45, 2.75) is 152 Å². The molecule has 3 saturated carbocycles. The summed E-state index contributed by atoms with van der Waals surface area (Å²) < 4.78 is 91.0. The number of unbranched alkanes of at least 4 members (excludes halogenated alkanes) is 3. The smallest absolute Gasteiger partial charge is 0.437 e. The van der Waals surface area contributed by atoms with E-state index in [1.165, 1.54) is 18.9 Å². The lowest BCUT2D eigenvalue weighted by atomic mass is 9.65. The molecule has 4 amide bonds. The van der Waals surface area contributed by atoms with Crippen LogP contribution in [0.25, 0.3) is 10.9 Å². The van der Waals surface area contributed by atoms with Gasteiger partial charge in [0, 0.05) is 29.8 Å². The maximum atomic E-state index is 15.0. The number of carbonyl (C=O) groups excluding carboxylic acids is 4. The van der Waals surface area contributed by atoms with E-state index in [1.54, 1.807) is 19.1 Å². The van der Waals surface area contributed by atoms with Gasteiger partial charge in [-0.3, -0.25) is 19.1 Å². The van der Waals surface area contributed by atoms with Crippen LogP contribution in [0.1, 0.15) is 129 Å². The Kier molecular flexibility index (Phi) is 14.9. The first-order chi connectivity index (χ1) is 32.7. The number of allylic oxidation sites excluding steroid dienone is 1. The standard InChI is InChI=1S/C50H69F3N6O9S/c1-5-6-7-8-9-10-35-15-20-49(35,45(62)57-69(64,65)47(4)21-22-47)56-44(61)40-26-48(31-59(40)41(60)27-54-46(63)67-29-32(2)3)19-16-37-38-25-36(13-14-39(38)55-43(42(37)68-48)50(51,52)53)66-30-34-17-23-58(24-18-34)28-33-11-12-33/h9-10,13-14,25,32-35,40H,5-8,11-12,15-24,26-31H2,1-4H3,(H,54,63)(H,56,61)(H,57,62). The van der Waals surface area contributed by atoms with Gasteiger partial charge >= 0.3 is 12.3 Å². The molecule has 6 aliphatic rings. The van der Waals surface area contributed by atoms with E-state index in [9.17, 15) is 27.6 Å². The third-order valence-corrected chi connectivity index (χ3v) is 17.4. The number of aromatic nitrogens is 1. The lowest BCUT2D eigenvalue weighted by molar-refractivity contribution is -0.144. The normalized spacial score (nSPS) is 25.8. The Hall–Kier alpha value is -4.65. The van der Waals surface area contributed by atoms with Crippen LogP contribution < -0.4 is 24.8 Å². The molecule has 2 aromatic rings. The molecule has 1 spiro atoms. The predicted octanol–water partition coefficient (Wildman–Crippen LogP) is 7.20. The molecule has 4 unspecified atom stereocenters. The van der Waals surface area contributed by atoms with Crippen molar-refractivity contribution in [2.24, 2.45) is 23.7 Å². The topological polar surface area (TPSA) is 186 Å². The van der Waals surface area contributed by atoms with E-state index in [4.69, 9.17) is 14.2 Å². The van der Waals surface area contributed by atoms with Gasteiger partial charge in [0.1, 0.15) is 29.5 Å². The molecule has 1 aromatic heterocycles. The first-order valence-corrected chi connectivity index (χ1v) is 26.6. The minimum absolute atomic E-state index is 0.00860. The molecule has 2 saturated heterocycles. The zero-order valence-corrected chi connectivity index (χ0v) is 41.2. The van der Waals surface area contributed by atoms with Crippen molar-refractivity contribution < 1.29 is 55.0 Å². The van der Waals surface area contributed by atoms with Crippen LogP contribution in [0.5, 0.6) is 11.5 Å². The van der Waals surface area contributed by atoms with Gasteiger partial charge in [0.25, 0.3) is 5.91 Å². The van der Waals surface area contributed by atoms with Crippen LogP contribution in [0.4, 0.5) is 18.0 Å². The second-order valence-corrected chi connectivity index (χ2v) is 23.4. The number of piperidine rings is 1. The SMILES string of the molecule is CCCCCC=CC1CCC1(NC(=O)C1CC2(CCc3c(c(C(F)(F)F)nc4ccc(OCC5CCN(CC6CC6)CC5)cc34)O2)CN1C(=O)CNC(=O)OCC(C)C)C(=O)NS(=O)(=O)C1(C)CC1. The Bertz CT molecular complexity index is 2400. The van der Waals surface area contributed by atoms with E-state index in [0.717, 1.165) is 62.6 Å². The summed E-state index contributed by atoms with van der Waals surface area (Å²) in [5.74, 6) is -1.84. The number of pyridine rings is 1. The Morgan fingerprint density at radius 1 is 1.01 bits per heavy atom. The van der Waals surface area contributed by atoms with Crippen LogP contribution in [0, 0.1) is 23.7 Å². The van der Waals surface area contributed by atoms with Crippen LogP contribution in [-0.2, 0) is 41.7 Å². The summed E-state index contributed by atoms with van der Waals surface area (Å²) in [5, 5.41) is 5.73. The van der Waals surface area contributed by atoms with Crippen molar-refractivity contribution in [3.63, 3.8) is 0 Å². The molecule has 19 heteroatoms. The van der Waals surface area contributed by atoms with E-state index < -0.39 is 85.8 Å². The summed E-state index contributed by atoms with van der Waals surface area (Å²) in [6, 6.07) is 3.47. The molecule has 3 N–H and O–H groups in total. The van der Waals surface area contributed by atoms with Crippen molar-refractivity contribution in [3.8, 4) is 11.5 Å². The molecule has 4 atom stereocenters. The van der Waals surface area contributed by atoms with E-state index in [2.05, 4.69) is 32.2 Å². The van der Waals surface area contributed by atoms with Crippen LogP contribution >= 0.6 is 0 Å². The number of sulfonamides is 1. The second-order valence-electron chi connectivity index (χ2n) is 21.2. The fraction of sp³-hybridized carbons (Fsp3) is 0.700. The van der Waals surface area contributed by atoms with Gasteiger partial charge in [0.2, 0.25) is 21.8 Å². The lowest BCUT2D eigenvalue weighted by Gasteiger charge is -2.47. The van der Waals surface area contributed by atoms with E-state index in [1.807, 2.05) is 26.0 Å². The molecule has 15 nitrogen and oxygen atoms in total. The van der Waals surface area contributed by atoms with Gasteiger partial charge in [0.05, 0.1) is 30.0 Å². The zero-order valence-electron chi connectivity index (χ0n) is 40.4. The van der Waals surface area contributed by atoms with Gasteiger partial charge in [-0.05, 0) is 133 Å². The molecule has 1 aromatic carbocycles. The second kappa shape index (κ2) is 20.2. The third kappa shape index (κ3) is 11.4. The largest absolute Gasteiger partial charge is 0.493 e. The van der Waals surface area contributed by atoms with Crippen molar-refractivity contribution in [3.05, 3.63) is 41.6 Å². The number of fused-ring (bicyclic) bond motifs is 3. The number of aryl methyl sites for hydroxylation is 1. The third-order valence-electron chi connectivity index (χ3n) is 15.2. The van der Waals surface area contributed by atoms with Crippen LogP contribution in [0.2, 0.25) is 0 Å². The molecule has 5 fully saturated rings. The highest BCUT2D eigenvalue weighted by Crippen LogP contribution is 2.50. The molecule has 4 heterocycles. The maximum Gasteiger partial charge on any atom is 0.437 e. The molecule has 3 aliphatic carbocycles. The molecular formula is C50H69F3N6O9S. The number of alkyl halides is 3. The predicted molar refractivity (Wildman–Crippen MR) is 252 cm³/mol. The number of hydrogen-bond acceptors (Lipinski definition) is 11. The molecular weight excluding hydrogens is 918 g/mol. The summed E-state index contributed by atoms with van der Waals surface area (Å²) in [6.07, 6.45) is 7.36. The summed E-state index contributed by atoms with van der Waals surface area (Å²) in [5.41, 5.74) is -4.08. The first-order valence-electron chi connectivity index (χ1n) is 25.1. The number of nitrogens with zero attached hydrogens (tertiary/aromatic N) is 3. The minimum Gasteiger partial charge on any atom is -0.493 e.